The highest BCUT2D eigenvalue weighted by Crippen LogP contribution is 2.19. The number of benzene rings is 1. The molecular formula is C18H23N3O5S. The van der Waals surface area contributed by atoms with Crippen LogP contribution < -0.4 is 5.32 Å². The summed E-state index contributed by atoms with van der Waals surface area (Å²) in [4.78, 5) is 11.9. The Hall–Kier alpha value is -2.23. The van der Waals surface area contributed by atoms with Crippen molar-refractivity contribution in [2.75, 3.05) is 38.6 Å². The molecule has 1 aliphatic heterocycles. The molecule has 3 rings (SSSR count). The fraction of sp³-hybridized carbons (Fsp3) is 0.444. The quantitative estimate of drug-likeness (QED) is 0.719. The van der Waals surface area contributed by atoms with E-state index in [0.29, 0.717) is 45.0 Å². The number of hydrogen-bond donors (Lipinski definition) is 1. The number of ether oxygens (including phenoxy) is 1. The van der Waals surface area contributed by atoms with E-state index in [9.17, 15) is 13.2 Å². The smallest absolute Gasteiger partial charge is 0.221 e. The molecule has 0 saturated carbocycles. The standard InChI is InChI=1S/C18H23N3O5S/c22-18(7-13-27(23,24)21-9-11-25-12-10-21)19-8-6-16-14-17(26-20-16)15-4-2-1-3-5-15/h1-5,14H,6-13H2,(H,19,22). The van der Waals surface area contributed by atoms with Gasteiger partial charge in [-0.05, 0) is 0 Å². The third kappa shape index (κ3) is 5.62. The highest BCUT2D eigenvalue weighted by Gasteiger charge is 2.24. The Bertz CT molecular complexity index is 845. The molecule has 1 aromatic carbocycles. The predicted molar refractivity (Wildman–Crippen MR) is 99.4 cm³/mol. The number of carbonyl (C=O) groups excluding carboxylic acids is 1. The largest absolute Gasteiger partial charge is 0.379 e. The SMILES string of the molecule is O=C(CCS(=O)(=O)N1CCOCC1)NCCc1cc(-c2ccccc2)on1. The number of morpholine rings is 1. The summed E-state index contributed by atoms with van der Waals surface area (Å²) in [6, 6.07) is 11.5. The first-order valence-corrected chi connectivity index (χ1v) is 10.5. The van der Waals surface area contributed by atoms with Gasteiger partial charge in [0.15, 0.2) is 5.76 Å². The van der Waals surface area contributed by atoms with Gasteiger partial charge >= 0.3 is 0 Å². The van der Waals surface area contributed by atoms with Gasteiger partial charge in [0.05, 0.1) is 24.7 Å². The van der Waals surface area contributed by atoms with Crippen molar-refractivity contribution >= 4 is 15.9 Å². The molecule has 146 valence electrons. The van der Waals surface area contributed by atoms with Crippen LogP contribution in [0.4, 0.5) is 0 Å². The summed E-state index contributed by atoms with van der Waals surface area (Å²) in [6.45, 7) is 1.86. The molecule has 1 N–H and O–H groups in total. The lowest BCUT2D eigenvalue weighted by atomic mass is 10.1. The first-order chi connectivity index (χ1) is 13.0. The van der Waals surface area contributed by atoms with Gasteiger partial charge in [-0.15, -0.1) is 0 Å². The van der Waals surface area contributed by atoms with Crippen LogP contribution in [0.2, 0.25) is 0 Å². The average molecular weight is 393 g/mol. The van der Waals surface area contributed by atoms with Crippen LogP contribution in [-0.2, 0) is 26.0 Å². The van der Waals surface area contributed by atoms with E-state index in [-0.39, 0.29) is 18.1 Å². The van der Waals surface area contributed by atoms with Gasteiger partial charge < -0.3 is 14.6 Å². The minimum atomic E-state index is -3.42. The zero-order valence-electron chi connectivity index (χ0n) is 15.0. The number of nitrogens with one attached hydrogen (secondary N) is 1. The van der Waals surface area contributed by atoms with E-state index >= 15 is 0 Å². The zero-order valence-corrected chi connectivity index (χ0v) is 15.8. The van der Waals surface area contributed by atoms with Crippen molar-refractivity contribution in [3.63, 3.8) is 0 Å². The van der Waals surface area contributed by atoms with Crippen molar-refractivity contribution in [1.82, 2.24) is 14.8 Å². The maximum Gasteiger partial charge on any atom is 0.221 e. The molecule has 0 atom stereocenters. The van der Waals surface area contributed by atoms with Gasteiger partial charge in [0, 0.05) is 44.1 Å². The number of carbonyl (C=O) groups is 1. The number of rotatable bonds is 8. The van der Waals surface area contributed by atoms with Crippen LogP contribution in [0.15, 0.2) is 40.9 Å². The van der Waals surface area contributed by atoms with Crippen LogP contribution >= 0.6 is 0 Å². The zero-order chi connectivity index (χ0) is 19.1. The van der Waals surface area contributed by atoms with E-state index in [1.807, 2.05) is 36.4 Å². The van der Waals surface area contributed by atoms with Crippen LogP contribution in [-0.4, -0.2) is 62.4 Å². The first kappa shape index (κ1) is 19.5. The minimum absolute atomic E-state index is 0.0617. The Labute approximate surface area is 158 Å². The fourth-order valence-corrected chi connectivity index (χ4v) is 4.17. The Kier molecular flexibility index (Phi) is 6.59. The number of nitrogens with zero attached hydrogens (tertiary/aromatic N) is 2. The fourth-order valence-electron chi connectivity index (χ4n) is 2.76. The minimum Gasteiger partial charge on any atom is -0.379 e. The molecule has 0 bridgehead atoms. The Morgan fingerprint density at radius 2 is 1.93 bits per heavy atom. The lowest BCUT2D eigenvalue weighted by Gasteiger charge is -2.25. The van der Waals surface area contributed by atoms with E-state index in [4.69, 9.17) is 9.26 Å². The molecule has 1 saturated heterocycles. The molecule has 0 spiro atoms. The van der Waals surface area contributed by atoms with Crippen molar-refractivity contribution < 1.29 is 22.5 Å². The Balaban J connectivity index is 1.40. The summed E-state index contributed by atoms with van der Waals surface area (Å²) in [5.41, 5.74) is 1.67. The molecule has 1 fully saturated rings. The number of sulfonamides is 1. The molecule has 0 radical (unpaired) electrons. The van der Waals surface area contributed by atoms with E-state index in [1.54, 1.807) is 0 Å². The molecule has 9 heteroatoms. The highest BCUT2D eigenvalue weighted by atomic mass is 32.2. The van der Waals surface area contributed by atoms with Crippen LogP contribution in [0, 0.1) is 0 Å². The number of hydrogen-bond acceptors (Lipinski definition) is 6. The van der Waals surface area contributed by atoms with E-state index < -0.39 is 10.0 Å². The van der Waals surface area contributed by atoms with E-state index in [1.165, 1.54) is 4.31 Å². The van der Waals surface area contributed by atoms with Gasteiger partial charge in [-0.1, -0.05) is 35.5 Å². The van der Waals surface area contributed by atoms with Gasteiger partial charge in [0.1, 0.15) is 0 Å². The lowest BCUT2D eigenvalue weighted by Crippen LogP contribution is -2.42. The third-order valence-corrected chi connectivity index (χ3v) is 6.14. The van der Waals surface area contributed by atoms with Crippen molar-refractivity contribution in [3.8, 4) is 11.3 Å². The highest BCUT2D eigenvalue weighted by molar-refractivity contribution is 7.89. The van der Waals surface area contributed by atoms with Gasteiger partial charge in [0.25, 0.3) is 0 Å². The maximum absolute atomic E-state index is 12.2. The first-order valence-electron chi connectivity index (χ1n) is 8.88. The van der Waals surface area contributed by atoms with E-state index in [0.717, 1.165) is 11.3 Å². The molecule has 2 aromatic rings. The molecular weight excluding hydrogens is 370 g/mol. The monoisotopic (exact) mass is 393 g/mol. The van der Waals surface area contributed by atoms with Gasteiger partial charge in [-0.25, -0.2) is 8.42 Å². The summed E-state index contributed by atoms with van der Waals surface area (Å²) < 4.78 is 36.2. The van der Waals surface area contributed by atoms with Crippen molar-refractivity contribution in [2.24, 2.45) is 0 Å². The number of aromatic nitrogens is 1. The molecule has 1 aliphatic rings. The molecule has 1 amide bonds. The molecule has 1 aromatic heterocycles. The Morgan fingerprint density at radius 1 is 1.19 bits per heavy atom. The van der Waals surface area contributed by atoms with Crippen LogP contribution in [0.3, 0.4) is 0 Å². The second-order valence-electron chi connectivity index (χ2n) is 6.23. The third-order valence-electron chi connectivity index (χ3n) is 4.27. The van der Waals surface area contributed by atoms with Gasteiger partial charge in [-0.3, -0.25) is 4.79 Å². The topological polar surface area (TPSA) is 102 Å². The van der Waals surface area contributed by atoms with Crippen LogP contribution in [0.25, 0.3) is 11.3 Å². The maximum atomic E-state index is 12.2. The summed E-state index contributed by atoms with van der Waals surface area (Å²) in [6.07, 6.45) is 0.450. The van der Waals surface area contributed by atoms with Crippen molar-refractivity contribution in [3.05, 3.63) is 42.1 Å². The molecule has 2 heterocycles. The van der Waals surface area contributed by atoms with Crippen LogP contribution in [0.1, 0.15) is 12.1 Å². The average Bonchev–Trinajstić information content (AvgIpc) is 3.17. The molecule has 27 heavy (non-hydrogen) atoms. The predicted octanol–water partition coefficient (Wildman–Crippen LogP) is 1.05. The lowest BCUT2D eigenvalue weighted by molar-refractivity contribution is -0.120. The second kappa shape index (κ2) is 9.12. The summed E-state index contributed by atoms with van der Waals surface area (Å²) in [5, 5.41) is 6.72. The second-order valence-corrected chi connectivity index (χ2v) is 8.31. The molecule has 0 aliphatic carbocycles. The van der Waals surface area contributed by atoms with Crippen molar-refractivity contribution in [1.29, 1.82) is 0 Å². The number of amides is 1. The van der Waals surface area contributed by atoms with E-state index in [2.05, 4.69) is 10.5 Å². The summed E-state index contributed by atoms with van der Waals surface area (Å²) in [7, 11) is -3.42. The summed E-state index contributed by atoms with van der Waals surface area (Å²) in [5.74, 6) is 0.188. The molecule has 8 nitrogen and oxygen atoms in total. The summed E-state index contributed by atoms with van der Waals surface area (Å²) >= 11 is 0. The van der Waals surface area contributed by atoms with Gasteiger partial charge in [0.2, 0.25) is 15.9 Å². The van der Waals surface area contributed by atoms with Crippen molar-refractivity contribution in [2.45, 2.75) is 12.8 Å². The van der Waals surface area contributed by atoms with Crippen LogP contribution in [0.5, 0.6) is 0 Å². The Morgan fingerprint density at radius 3 is 2.67 bits per heavy atom. The molecule has 0 unspecified atom stereocenters. The normalized spacial score (nSPS) is 15.6. The van der Waals surface area contributed by atoms with Gasteiger partial charge in [-0.2, -0.15) is 4.31 Å².